The van der Waals surface area contributed by atoms with Gasteiger partial charge in [-0.15, -0.1) is 11.3 Å². The number of ether oxygens (including phenoxy) is 1. The first-order chi connectivity index (χ1) is 12.4. The van der Waals surface area contributed by atoms with E-state index in [-0.39, 0.29) is 12.5 Å². The molecule has 2 amide bonds. The van der Waals surface area contributed by atoms with E-state index in [4.69, 9.17) is 5.73 Å². The van der Waals surface area contributed by atoms with Crippen molar-refractivity contribution in [3.05, 3.63) is 51.5 Å². The van der Waals surface area contributed by atoms with Crippen LogP contribution in [-0.4, -0.2) is 29.9 Å². The first-order valence-corrected chi connectivity index (χ1v) is 9.00. The predicted octanol–water partition coefficient (Wildman–Crippen LogP) is 1.77. The second kappa shape index (κ2) is 9.10. The van der Waals surface area contributed by atoms with Crippen LogP contribution in [0.5, 0.6) is 0 Å². The lowest BCUT2D eigenvalue weighted by Gasteiger charge is -2.17. The fourth-order valence-electron chi connectivity index (χ4n) is 2.33. The number of primary amides is 1. The number of hydrogen-bond acceptors (Lipinski definition) is 6. The summed E-state index contributed by atoms with van der Waals surface area (Å²) in [5.74, 6) is -1.52. The predicted molar refractivity (Wildman–Crippen MR) is 97.7 cm³/mol. The number of carbonyl (C=O) groups is 3. The Balaban J connectivity index is 2.17. The molecule has 0 saturated heterocycles. The smallest absolute Gasteiger partial charge is 0.315 e. The number of aromatic nitrogens is 1. The van der Waals surface area contributed by atoms with Gasteiger partial charge in [0.2, 0.25) is 11.8 Å². The van der Waals surface area contributed by atoms with Gasteiger partial charge in [-0.3, -0.25) is 14.4 Å². The highest BCUT2D eigenvalue weighted by molar-refractivity contribution is 7.09. The van der Waals surface area contributed by atoms with Crippen molar-refractivity contribution in [2.75, 3.05) is 7.11 Å². The quantitative estimate of drug-likeness (QED) is 0.539. The third-order valence-corrected chi connectivity index (χ3v) is 4.78. The van der Waals surface area contributed by atoms with Crippen LogP contribution < -0.4 is 11.1 Å². The minimum Gasteiger partial charge on any atom is -0.469 e. The summed E-state index contributed by atoms with van der Waals surface area (Å²) in [4.78, 5) is 39.1. The summed E-state index contributed by atoms with van der Waals surface area (Å²) in [5.41, 5.74) is 7.53. The SMILES string of the molecule is CCc1csc(C(Cc2ccc(C(N)=O)cc2)NC(=O)CC(=O)OC)n1. The number of carbonyl (C=O) groups excluding carboxylic acids is 3. The topological polar surface area (TPSA) is 111 Å². The Labute approximate surface area is 155 Å². The molecule has 0 bridgehead atoms. The van der Waals surface area contributed by atoms with Crippen LogP contribution in [0.3, 0.4) is 0 Å². The van der Waals surface area contributed by atoms with Gasteiger partial charge in [0.25, 0.3) is 0 Å². The number of benzene rings is 1. The number of methoxy groups -OCH3 is 1. The van der Waals surface area contributed by atoms with Crippen LogP contribution in [0.2, 0.25) is 0 Å². The number of thiazole rings is 1. The average molecular weight is 375 g/mol. The molecule has 0 radical (unpaired) electrons. The molecule has 0 aliphatic heterocycles. The molecule has 138 valence electrons. The lowest BCUT2D eigenvalue weighted by atomic mass is 10.0. The third kappa shape index (κ3) is 5.38. The minimum atomic E-state index is -0.597. The highest BCUT2D eigenvalue weighted by Crippen LogP contribution is 2.23. The van der Waals surface area contributed by atoms with E-state index in [1.54, 1.807) is 24.3 Å². The lowest BCUT2D eigenvalue weighted by molar-refractivity contribution is -0.143. The molecule has 26 heavy (non-hydrogen) atoms. The molecular formula is C18H21N3O4S. The number of esters is 1. The number of aryl methyl sites for hydroxylation is 1. The molecule has 0 spiro atoms. The number of nitrogens with zero attached hydrogens (tertiary/aromatic N) is 1. The molecule has 0 aliphatic carbocycles. The van der Waals surface area contributed by atoms with Crippen LogP contribution in [0.25, 0.3) is 0 Å². The van der Waals surface area contributed by atoms with E-state index in [0.29, 0.717) is 12.0 Å². The Morgan fingerprint density at radius 3 is 2.50 bits per heavy atom. The molecule has 2 aromatic rings. The van der Waals surface area contributed by atoms with Gasteiger partial charge in [-0.1, -0.05) is 19.1 Å². The van der Waals surface area contributed by atoms with Crippen molar-refractivity contribution in [1.82, 2.24) is 10.3 Å². The van der Waals surface area contributed by atoms with E-state index in [1.165, 1.54) is 18.4 Å². The van der Waals surface area contributed by atoms with Crippen molar-refractivity contribution in [2.45, 2.75) is 32.2 Å². The van der Waals surface area contributed by atoms with E-state index in [1.807, 2.05) is 12.3 Å². The summed E-state index contributed by atoms with van der Waals surface area (Å²) in [7, 11) is 1.24. The summed E-state index contributed by atoms with van der Waals surface area (Å²) in [6.07, 6.45) is 0.925. The molecule has 1 unspecified atom stereocenters. The average Bonchev–Trinajstić information content (AvgIpc) is 3.10. The van der Waals surface area contributed by atoms with Crippen molar-refractivity contribution in [3.8, 4) is 0 Å². The van der Waals surface area contributed by atoms with Crippen molar-refractivity contribution in [2.24, 2.45) is 5.73 Å². The number of hydrogen-bond donors (Lipinski definition) is 2. The molecular weight excluding hydrogens is 354 g/mol. The van der Waals surface area contributed by atoms with Crippen LogP contribution in [0.4, 0.5) is 0 Å². The van der Waals surface area contributed by atoms with Gasteiger partial charge < -0.3 is 15.8 Å². The van der Waals surface area contributed by atoms with E-state index >= 15 is 0 Å². The third-order valence-electron chi connectivity index (χ3n) is 3.78. The Morgan fingerprint density at radius 2 is 1.96 bits per heavy atom. The summed E-state index contributed by atoms with van der Waals surface area (Å²) in [6, 6.07) is 6.48. The van der Waals surface area contributed by atoms with Gasteiger partial charge in [-0.05, 0) is 30.5 Å². The molecule has 0 aliphatic rings. The first kappa shape index (κ1) is 19.6. The van der Waals surface area contributed by atoms with Crippen molar-refractivity contribution in [3.63, 3.8) is 0 Å². The van der Waals surface area contributed by atoms with E-state index in [2.05, 4.69) is 15.0 Å². The van der Waals surface area contributed by atoms with Gasteiger partial charge in [0.05, 0.1) is 18.8 Å². The number of rotatable bonds is 8. The molecule has 3 N–H and O–H groups in total. The van der Waals surface area contributed by atoms with Crippen molar-refractivity contribution < 1.29 is 19.1 Å². The fourth-order valence-corrected chi connectivity index (χ4v) is 3.29. The van der Waals surface area contributed by atoms with E-state index < -0.39 is 17.8 Å². The Hall–Kier alpha value is -2.74. The van der Waals surface area contributed by atoms with E-state index in [9.17, 15) is 14.4 Å². The minimum absolute atomic E-state index is 0.348. The molecule has 8 heteroatoms. The summed E-state index contributed by atoms with van der Waals surface area (Å²) < 4.78 is 4.53. The Kier molecular flexibility index (Phi) is 6.85. The monoisotopic (exact) mass is 375 g/mol. The Bertz CT molecular complexity index is 786. The zero-order chi connectivity index (χ0) is 19.1. The summed E-state index contributed by atoms with van der Waals surface area (Å²) in [5, 5.41) is 5.55. The highest BCUT2D eigenvalue weighted by Gasteiger charge is 2.20. The summed E-state index contributed by atoms with van der Waals surface area (Å²) in [6.45, 7) is 2.01. The standard InChI is InChI=1S/C18H21N3O4S/c1-3-13-10-26-18(20-13)14(21-15(22)9-16(23)25-2)8-11-4-6-12(7-5-11)17(19)24/h4-7,10,14H,3,8-9H2,1-2H3,(H2,19,24)(H,21,22). The zero-order valence-electron chi connectivity index (χ0n) is 14.7. The van der Waals surface area contributed by atoms with Gasteiger partial charge in [0.15, 0.2) is 0 Å². The summed E-state index contributed by atoms with van der Waals surface area (Å²) >= 11 is 1.46. The highest BCUT2D eigenvalue weighted by atomic mass is 32.1. The lowest BCUT2D eigenvalue weighted by Crippen LogP contribution is -2.31. The second-order valence-electron chi connectivity index (χ2n) is 5.67. The first-order valence-electron chi connectivity index (χ1n) is 8.12. The Morgan fingerprint density at radius 1 is 1.27 bits per heavy atom. The molecule has 0 fully saturated rings. The van der Waals surface area contributed by atoms with Crippen molar-refractivity contribution >= 4 is 29.1 Å². The van der Waals surface area contributed by atoms with Gasteiger partial charge in [0, 0.05) is 10.9 Å². The molecule has 1 aromatic heterocycles. The normalized spacial score (nSPS) is 11.6. The van der Waals surface area contributed by atoms with Crippen LogP contribution in [0, 0.1) is 0 Å². The zero-order valence-corrected chi connectivity index (χ0v) is 15.5. The van der Waals surface area contributed by atoms with Gasteiger partial charge in [0.1, 0.15) is 11.4 Å². The van der Waals surface area contributed by atoms with Crippen molar-refractivity contribution in [1.29, 1.82) is 0 Å². The van der Waals surface area contributed by atoms with Crippen LogP contribution in [0.1, 0.15) is 46.0 Å². The van der Waals surface area contributed by atoms with Crippen LogP contribution in [-0.2, 0) is 27.2 Å². The number of nitrogens with two attached hydrogens (primary N) is 1. The van der Waals surface area contributed by atoms with Crippen LogP contribution >= 0.6 is 11.3 Å². The molecule has 1 aromatic carbocycles. The van der Waals surface area contributed by atoms with E-state index in [0.717, 1.165) is 22.7 Å². The largest absolute Gasteiger partial charge is 0.469 e. The molecule has 1 atom stereocenters. The fraction of sp³-hybridized carbons (Fsp3) is 0.333. The molecule has 7 nitrogen and oxygen atoms in total. The number of nitrogens with one attached hydrogen (secondary N) is 1. The van der Waals surface area contributed by atoms with Gasteiger partial charge in [-0.2, -0.15) is 0 Å². The molecule has 0 saturated carbocycles. The number of amides is 2. The van der Waals surface area contributed by atoms with Gasteiger partial charge in [-0.25, -0.2) is 4.98 Å². The second-order valence-corrected chi connectivity index (χ2v) is 6.56. The maximum atomic E-state index is 12.1. The molecule has 2 rings (SSSR count). The maximum absolute atomic E-state index is 12.1. The van der Waals surface area contributed by atoms with Crippen LogP contribution in [0.15, 0.2) is 29.6 Å². The van der Waals surface area contributed by atoms with Gasteiger partial charge >= 0.3 is 5.97 Å². The molecule has 1 heterocycles. The maximum Gasteiger partial charge on any atom is 0.315 e.